The molecule has 3 rings (SSSR count). The maximum atomic E-state index is 13.7. The summed E-state index contributed by atoms with van der Waals surface area (Å²) >= 11 is 0. The number of amides is 1. The molecule has 1 atom stereocenters. The van der Waals surface area contributed by atoms with Crippen LogP contribution in [0.15, 0.2) is 73.1 Å². The van der Waals surface area contributed by atoms with Crippen molar-refractivity contribution in [3.8, 4) is 0 Å². The predicted molar refractivity (Wildman–Crippen MR) is 117 cm³/mol. The molecule has 2 aromatic rings. The Balaban J connectivity index is 1.99. The fraction of sp³-hybridized carbons (Fsp3) is 0.227. The molecule has 2 N–H and O–H groups in total. The van der Waals surface area contributed by atoms with Gasteiger partial charge < -0.3 is 4.90 Å². The lowest BCUT2D eigenvalue weighted by Crippen LogP contribution is -2.48. The summed E-state index contributed by atoms with van der Waals surface area (Å²) < 4.78 is 27.5. The third kappa shape index (κ3) is 4.46. The van der Waals surface area contributed by atoms with Gasteiger partial charge in [-0.3, -0.25) is 14.0 Å². The van der Waals surface area contributed by atoms with E-state index in [0.29, 0.717) is 18.5 Å². The van der Waals surface area contributed by atoms with E-state index in [0.717, 1.165) is 17.2 Å². The van der Waals surface area contributed by atoms with Crippen LogP contribution in [-0.4, -0.2) is 53.8 Å². The minimum absolute atomic E-state index is 0.312. The fourth-order valence-electron chi connectivity index (χ4n) is 3.59. The number of carbonyl (C=O) groups is 1. The van der Waals surface area contributed by atoms with E-state index in [1.54, 1.807) is 12.1 Å². The zero-order valence-electron chi connectivity index (χ0n) is 16.9. The highest BCUT2D eigenvalue weighted by Crippen LogP contribution is 2.37. The molecule has 1 amide bonds. The van der Waals surface area contributed by atoms with Crippen LogP contribution in [0.3, 0.4) is 0 Å². The molecule has 158 valence electrons. The topological polar surface area (TPSA) is 91.6 Å². The van der Waals surface area contributed by atoms with Gasteiger partial charge in [-0.15, -0.1) is 0 Å². The molecular weight excluding hydrogens is 402 g/mol. The summed E-state index contributed by atoms with van der Waals surface area (Å²) in [7, 11) is -0.119. The Morgan fingerprint density at radius 2 is 2.00 bits per heavy atom. The van der Waals surface area contributed by atoms with Crippen LogP contribution in [-0.2, 0) is 14.8 Å². The van der Waals surface area contributed by atoms with E-state index in [1.807, 2.05) is 61.5 Å². The molecule has 7 nitrogen and oxygen atoms in total. The van der Waals surface area contributed by atoms with Crippen molar-refractivity contribution in [2.75, 3.05) is 20.6 Å². The van der Waals surface area contributed by atoms with Gasteiger partial charge in [-0.25, -0.2) is 13.9 Å². The Bertz CT molecular complexity index is 1100. The number of aromatic nitrogens is 1. The van der Waals surface area contributed by atoms with Gasteiger partial charge >= 0.3 is 0 Å². The number of hydrogen-bond acceptors (Lipinski definition) is 5. The van der Waals surface area contributed by atoms with Crippen LogP contribution in [0.1, 0.15) is 17.5 Å². The lowest BCUT2D eigenvalue weighted by molar-refractivity contribution is -0.124. The molecule has 30 heavy (non-hydrogen) atoms. The van der Waals surface area contributed by atoms with Crippen LogP contribution in [0.25, 0.3) is 11.6 Å². The number of nitrogens with zero attached hydrogens (tertiary/aromatic N) is 2. The molecule has 1 heterocycles. The molecule has 1 aromatic carbocycles. The van der Waals surface area contributed by atoms with Crippen LogP contribution < -0.4 is 5.48 Å². The first-order chi connectivity index (χ1) is 14.3. The molecule has 0 radical (unpaired) electrons. The van der Waals surface area contributed by atoms with Gasteiger partial charge in [0.05, 0.1) is 0 Å². The maximum Gasteiger partial charge on any atom is 0.267 e. The molecule has 0 aliphatic heterocycles. The van der Waals surface area contributed by atoms with Crippen LogP contribution in [0.4, 0.5) is 0 Å². The summed E-state index contributed by atoms with van der Waals surface area (Å²) in [5, 5.41) is 8.58. The van der Waals surface area contributed by atoms with Crippen LogP contribution in [0.5, 0.6) is 0 Å². The van der Waals surface area contributed by atoms with Crippen molar-refractivity contribution in [2.45, 2.75) is 11.2 Å². The van der Waals surface area contributed by atoms with Gasteiger partial charge in [0.15, 0.2) is 0 Å². The Hall–Kier alpha value is -2.94. The van der Waals surface area contributed by atoms with E-state index >= 15 is 0 Å². The van der Waals surface area contributed by atoms with E-state index < -0.39 is 20.7 Å². The normalized spacial score (nSPS) is 19.3. The third-order valence-corrected chi connectivity index (χ3v) is 7.15. The van der Waals surface area contributed by atoms with Crippen molar-refractivity contribution in [3.63, 3.8) is 0 Å². The predicted octanol–water partition coefficient (Wildman–Crippen LogP) is 2.53. The molecular formula is C22H25N3O4S. The summed E-state index contributed by atoms with van der Waals surface area (Å²) in [5.74, 6) is -0.692. The van der Waals surface area contributed by atoms with Gasteiger partial charge in [0.25, 0.3) is 5.91 Å². The molecule has 1 unspecified atom stereocenters. The quantitative estimate of drug-likeness (QED) is 0.403. The second-order valence-corrected chi connectivity index (χ2v) is 9.67. The second kappa shape index (κ2) is 8.83. The average Bonchev–Trinajstić information content (AvgIpc) is 3.22. The minimum atomic E-state index is -3.82. The molecule has 0 spiro atoms. The Labute approximate surface area is 176 Å². The van der Waals surface area contributed by atoms with Crippen molar-refractivity contribution in [1.82, 2.24) is 14.4 Å². The fourth-order valence-corrected chi connectivity index (χ4v) is 5.50. The van der Waals surface area contributed by atoms with E-state index in [-0.39, 0.29) is 0 Å². The van der Waals surface area contributed by atoms with Crippen LogP contribution in [0.2, 0.25) is 0 Å². The van der Waals surface area contributed by atoms with E-state index in [1.165, 1.54) is 27.9 Å². The number of hydroxylamine groups is 1. The summed E-state index contributed by atoms with van der Waals surface area (Å²) in [6.45, 7) is 0.312. The zero-order chi connectivity index (χ0) is 21.8. The molecule has 8 heteroatoms. The first-order valence-electron chi connectivity index (χ1n) is 9.41. The lowest BCUT2D eigenvalue weighted by atomic mass is 9.89. The highest BCUT2D eigenvalue weighted by Gasteiger charge is 2.45. The van der Waals surface area contributed by atoms with Gasteiger partial charge in [0.1, 0.15) is 4.75 Å². The first-order valence-corrected chi connectivity index (χ1v) is 10.9. The number of allylic oxidation sites excluding steroid dienone is 3. The van der Waals surface area contributed by atoms with Crippen LogP contribution >= 0.6 is 0 Å². The van der Waals surface area contributed by atoms with Crippen molar-refractivity contribution in [1.29, 1.82) is 0 Å². The highest BCUT2D eigenvalue weighted by atomic mass is 32.2. The monoisotopic (exact) mass is 427 g/mol. The molecule has 1 aliphatic carbocycles. The van der Waals surface area contributed by atoms with Gasteiger partial charge in [-0.1, -0.05) is 48.6 Å². The van der Waals surface area contributed by atoms with Crippen molar-refractivity contribution >= 4 is 27.6 Å². The standard InChI is InChI=1S/C22H25N3O4S/c1-24(2)17-22(13-6-9-20(15-22)19-7-4-3-5-8-19)30(28,29)25-14-12-18(16-25)10-11-21(26)23-27/h3-14,16,27H,15,17H2,1-2H3,(H,23,26). The number of nitrogens with one attached hydrogen (secondary N) is 1. The highest BCUT2D eigenvalue weighted by molar-refractivity contribution is 7.91. The summed E-state index contributed by atoms with van der Waals surface area (Å²) in [4.78, 5) is 13.1. The Morgan fingerprint density at radius 1 is 1.27 bits per heavy atom. The van der Waals surface area contributed by atoms with Crippen molar-refractivity contribution in [2.24, 2.45) is 0 Å². The number of benzene rings is 1. The second-order valence-electron chi connectivity index (χ2n) is 7.49. The summed E-state index contributed by atoms with van der Waals surface area (Å²) in [6.07, 6.45) is 11.3. The van der Waals surface area contributed by atoms with E-state index in [9.17, 15) is 13.2 Å². The molecule has 0 saturated carbocycles. The molecule has 0 bridgehead atoms. The van der Waals surface area contributed by atoms with Gasteiger partial charge in [0, 0.05) is 25.0 Å². The molecule has 1 aliphatic rings. The number of rotatable bonds is 7. The lowest BCUT2D eigenvalue weighted by Gasteiger charge is -2.35. The third-order valence-electron chi connectivity index (χ3n) is 4.93. The Kier molecular flexibility index (Phi) is 6.40. The first kappa shape index (κ1) is 21.8. The smallest absolute Gasteiger partial charge is 0.267 e. The van der Waals surface area contributed by atoms with Gasteiger partial charge in [0.2, 0.25) is 10.0 Å². The van der Waals surface area contributed by atoms with Crippen LogP contribution in [0, 0.1) is 0 Å². The number of hydrogen-bond donors (Lipinski definition) is 2. The molecule has 0 fully saturated rings. The zero-order valence-corrected chi connectivity index (χ0v) is 17.7. The molecule has 1 aromatic heterocycles. The minimum Gasteiger partial charge on any atom is -0.307 e. The van der Waals surface area contributed by atoms with E-state index in [4.69, 9.17) is 5.21 Å². The van der Waals surface area contributed by atoms with Gasteiger partial charge in [-0.2, -0.15) is 0 Å². The molecule has 0 saturated heterocycles. The van der Waals surface area contributed by atoms with Crippen molar-refractivity contribution < 1.29 is 18.4 Å². The summed E-state index contributed by atoms with van der Waals surface area (Å²) in [5.41, 5.74) is 3.97. The average molecular weight is 428 g/mol. The maximum absolute atomic E-state index is 13.7. The van der Waals surface area contributed by atoms with Gasteiger partial charge in [-0.05, 0) is 49.4 Å². The number of carbonyl (C=O) groups excluding carboxylic acids is 1. The van der Waals surface area contributed by atoms with Crippen molar-refractivity contribution in [3.05, 3.63) is 84.2 Å². The SMILES string of the molecule is CN(C)CC1(S(=O)(=O)n2ccc(C=CC(=O)NO)c2)C=CC=C(c2ccccc2)C1. The van der Waals surface area contributed by atoms with E-state index in [2.05, 4.69) is 0 Å². The Morgan fingerprint density at radius 3 is 2.67 bits per heavy atom. The summed E-state index contributed by atoms with van der Waals surface area (Å²) in [6, 6.07) is 11.3. The largest absolute Gasteiger partial charge is 0.307 e.